The van der Waals surface area contributed by atoms with E-state index in [1.807, 2.05) is 11.8 Å². The molecule has 0 unspecified atom stereocenters. The molecule has 0 aliphatic carbocycles. The van der Waals surface area contributed by atoms with Crippen molar-refractivity contribution in [2.75, 3.05) is 18.0 Å². The Morgan fingerprint density at radius 1 is 1.50 bits per heavy atom. The Morgan fingerprint density at radius 2 is 2.22 bits per heavy atom. The van der Waals surface area contributed by atoms with Gasteiger partial charge < -0.3 is 4.90 Å². The van der Waals surface area contributed by atoms with Gasteiger partial charge in [-0.05, 0) is 18.6 Å². The van der Waals surface area contributed by atoms with E-state index in [0.717, 1.165) is 18.7 Å². The summed E-state index contributed by atoms with van der Waals surface area (Å²) in [6.07, 6.45) is 3.22. The molecular formula is C13H16N2O3. The number of anilines is 1. The van der Waals surface area contributed by atoms with Gasteiger partial charge >= 0.3 is 0 Å². The van der Waals surface area contributed by atoms with E-state index in [9.17, 15) is 14.9 Å². The molecule has 1 rings (SSSR count). The standard InChI is InChI=1S/C13H16N2O3/c1-3-7-14(8-4-2)12-5-6-13(15(17)18)11(9-12)10-16/h3,5-6,9-10H,1,4,7-8H2,2H3. The zero-order valence-corrected chi connectivity index (χ0v) is 10.3. The Kier molecular flexibility index (Phi) is 5.05. The molecule has 0 saturated carbocycles. The smallest absolute Gasteiger partial charge is 0.280 e. The highest BCUT2D eigenvalue weighted by Gasteiger charge is 2.15. The van der Waals surface area contributed by atoms with Gasteiger partial charge in [0, 0.05) is 24.8 Å². The molecule has 18 heavy (non-hydrogen) atoms. The van der Waals surface area contributed by atoms with Gasteiger partial charge in [-0.25, -0.2) is 0 Å². The summed E-state index contributed by atoms with van der Waals surface area (Å²) in [6, 6.07) is 4.57. The first-order chi connectivity index (χ1) is 8.63. The van der Waals surface area contributed by atoms with Gasteiger partial charge in [-0.2, -0.15) is 0 Å². The van der Waals surface area contributed by atoms with Crippen LogP contribution in [0, 0.1) is 10.1 Å². The van der Waals surface area contributed by atoms with Crippen LogP contribution in [0.2, 0.25) is 0 Å². The molecule has 0 heterocycles. The highest BCUT2D eigenvalue weighted by Crippen LogP contribution is 2.24. The molecule has 0 N–H and O–H groups in total. The second kappa shape index (κ2) is 6.54. The summed E-state index contributed by atoms with van der Waals surface area (Å²) in [5, 5.41) is 10.7. The summed E-state index contributed by atoms with van der Waals surface area (Å²) in [4.78, 5) is 23.1. The first-order valence-corrected chi connectivity index (χ1v) is 5.73. The van der Waals surface area contributed by atoms with Gasteiger partial charge in [0.25, 0.3) is 5.69 Å². The van der Waals surface area contributed by atoms with Gasteiger partial charge in [0.1, 0.15) is 0 Å². The first kappa shape index (κ1) is 13.9. The molecule has 0 amide bonds. The number of benzene rings is 1. The molecule has 1 aromatic rings. The average Bonchev–Trinajstić information content (AvgIpc) is 2.37. The number of aldehydes is 1. The number of carbonyl (C=O) groups excluding carboxylic acids is 1. The molecular weight excluding hydrogens is 232 g/mol. The fourth-order valence-corrected chi connectivity index (χ4v) is 1.75. The van der Waals surface area contributed by atoms with Crippen LogP contribution in [0.15, 0.2) is 30.9 Å². The number of carbonyl (C=O) groups is 1. The monoisotopic (exact) mass is 248 g/mol. The summed E-state index contributed by atoms with van der Waals surface area (Å²) in [7, 11) is 0. The average molecular weight is 248 g/mol. The Bertz CT molecular complexity index is 458. The molecule has 96 valence electrons. The van der Waals surface area contributed by atoms with Crippen molar-refractivity contribution in [2.45, 2.75) is 13.3 Å². The largest absolute Gasteiger partial charge is 0.368 e. The van der Waals surface area contributed by atoms with E-state index in [4.69, 9.17) is 0 Å². The second-order valence-electron chi connectivity index (χ2n) is 3.85. The lowest BCUT2D eigenvalue weighted by molar-refractivity contribution is -0.385. The lowest BCUT2D eigenvalue weighted by Gasteiger charge is -2.22. The van der Waals surface area contributed by atoms with Gasteiger partial charge in [-0.15, -0.1) is 6.58 Å². The molecule has 0 saturated heterocycles. The Hall–Kier alpha value is -2.17. The van der Waals surface area contributed by atoms with Crippen LogP contribution in [0.1, 0.15) is 23.7 Å². The molecule has 0 aliphatic heterocycles. The van der Waals surface area contributed by atoms with E-state index >= 15 is 0 Å². The van der Waals surface area contributed by atoms with Gasteiger partial charge in [-0.3, -0.25) is 14.9 Å². The van der Waals surface area contributed by atoms with E-state index < -0.39 is 4.92 Å². The Morgan fingerprint density at radius 3 is 2.72 bits per heavy atom. The molecule has 0 atom stereocenters. The molecule has 0 fully saturated rings. The van der Waals surface area contributed by atoms with Crippen molar-refractivity contribution in [3.8, 4) is 0 Å². The minimum absolute atomic E-state index is 0.0997. The van der Waals surface area contributed by atoms with E-state index in [2.05, 4.69) is 6.58 Å². The van der Waals surface area contributed by atoms with E-state index in [0.29, 0.717) is 12.8 Å². The van der Waals surface area contributed by atoms with Crippen molar-refractivity contribution in [3.05, 3.63) is 46.5 Å². The summed E-state index contributed by atoms with van der Waals surface area (Å²) >= 11 is 0. The second-order valence-corrected chi connectivity index (χ2v) is 3.85. The van der Waals surface area contributed by atoms with Crippen molar-refractivity contribution in [1.82, 2.24) is 0 Å². The molecule has 0 bridgehead atoms. The summed E-state index contributed by atoms with van der Waals surface area (Å²) in [6.45, 7) is 7.17. The molecule has 0 aliphatic rings. The van der Waals surface area contributed by atoms with Crippen LogP contribution in [0.5, 0.6) is 0 Å². The molecule has 1 aromatic carbocycles. The van der Waals surface area contributed by atoms with Gasteiger partial charge in [0.05, 0.1) is 10.5 Å². The van der Waals surface area contributed by atoms with Crippen LogP contribution in [0.4, 0.5) is 11.4 Å². The van der Waals surface area contributed by atoms with Crippen molar-refractivity contribution < 1.29 is 9.72 Å². The maximum absolute atomic E-state index is 10.9. The number of hydrogen-bond donors (Lipinski definition) is 0. The van der Waals surface area contributed by atoms with E-state index in [1.165, 1.54) is 6.07 Å². The third kappa shape index (κ3) is 3.16. The number of nitrogens with zero attached hydrogens (tertiary/aromatic N) is 2. The SMILES string of the molecule is C=CCN(CCC)c1ccc([N+](=O)[O-])c(C=O)c1. The van der Waals surface area contributed by atoms with Crippen molar-refractivity contribution in [3.63, 3.8) is 0 Å². The molecule has 0 radical (unpaired) electrons. The quantitative estimate of drug-likeness (QED) is 0.322. The number of rotatable bonds is 7. The molecule has 0 spiro atoms. The molecule has 5 nitrogen and oxygen atoms in total. The van der Waals surface area contributed by atoms with E-state index in [-0.39, 0.29) is 11.3 Å². The molecule has 5 heteroatoms. The van der Waals surface area contributed by atoms with Gasteiger partial charge in [0.15, 0.2) is 6.29 Å². The first-order valence-electron chi connectivity index (χ1n) is 5.73. The number of hydrogen-bond acceptors (Lipinski definition) is 4. The minimum atomic E-state index is -0.550. The van der Waals surface area contributed by atoms with Crippen LogP contribution < -0.4 is 4.90 Å². The normalized spacial score (nSPS) is 9.83. The predicted octanol–water partition coefficient (Wildman–Crippen LogP) is 2.81. The van der Waals surface area contributed by atoms with Gasteiger partial charge in [-0.1, -0.05) is 13.0 Å². The maximum Gasteiger partial charge on any atom is 0.280 e. The van der Waals surface area contributed by atoms with Crippen molar-refractivity contribution >= 4 is 17.7 Å². The Labute approximate surface area is 106 Å². The Balaban J connectivity index is 3.12. The van der Waals surface area contributed by atoms with Crippen LogP contribution in [-0.2, 0) is 0 Å². The van der Waals surface area contributed by atoms with Gasteiger partial charge in [0.2, 0.25) is 0 Å². The number of nitro benzene ring substituents is 1. The minimum Gasteiger partial charge on any atom is -0.368 e. The molecule has 0 aromatic heterocycles. The van der Waals surface area contributed by atoms with Crippen LogP contribution in [0.25, 0.3) is 0 Å². The zero-order valence-electron chi connectivity index (χ0n) is 10.3. The lowest BCUT2D eigenvalue weighted by atomic mass is 10.1. The van der Waals surface area contributed by atoms with Crippen LogP contribution >= 0.6 is 0 Å². The topological polar surface area (TPSA) is 63.4 Å². The highest BCUT2D eigenvalue weighted by atomic mass is 16.6. The van der Waals surface area contributed by atoms with E-state index in [1.54, 1.807) is 18.2 Å². The predicted molar refractivity (Wildman–Crippen MR) is 71.2 cm³/mol. The van der Waals surface area contributed by atoms with Crippen LogP contribution in [-0.4, -0.2) is 24.3 Å². The van der Waals surface area contributed by atoms with Crippen LogP contribution in [0.3, 0.4) is 0 Å². The summed E-state index contributed by atoms with van der Waals surface area (Å²) in [5.41, 5.74) is 0.732. The fourth-order valence-electron chi connectivity index (χ4n) is 1.75. The highest BCUT2D eigenvalue weighted by molar-refractivity contribution is 5.83. The van der Waals surface area contributed by atoms with Crippen molar-refractivity contribution in [1.29, 1.82) is 0 Å². The summed E-state index contributed by atoms with van der Waals surface area (Å²) in [5.74, 6) is 0. The zero-order chi connectivity index (χ0) is 13.5. The number of nitro groups is 1. The third-order valence-electron chi connectivity index (χ3n) is 2.54. The lowest BCUT2D eigenvalue weighted by Crippen LogP contribution is -2.24. The third-order valence-corrected chi connectivity index (χ3v) is 2.54. The fraction of sp³-hybridized carbons (Fsp3) is 0.308. The summed E-state index contributed by atoms with van der Waals surface area (Å²) < 4.78 is 0. The van der Waals surface area contributed by atoms with Crippen molar-refractivity contribution in [2.24, 2.45) is 0 Å². The maximum atomic E-state index is 10.9.